The molecule has 0 aliphatic carbocycles. The molecule has 5 aromatic carbocycles. The van der Waals surface area contributed by atoms with Crippen molar-refractivity contribution in [2.75, 3.05) is 7.11 Å². The van der Waals surface area contributed by atoms with Crippen LogP contribution < -0.4 is 9.47 Å². The van der Waals surface area contributed by atoms with Crippen molar-refractivity contribution in [2.45, 2.75) is 41.0 Å². The Balaban J connectivity index is 0.000000172. The highest BCUT2D eigenvalue weighted by atomic mass is 79.9. The zero-order valence-electron chi connectivity index (χ0n) is 45.6. The van der Waals surface area contributed by atoms with E-state index in [2.05, 4.69) is 20.7 Å². The standard InChI is InChI=1S/C13H9F3O3S.C13H12O3S.C12H9BrO2S.C12H8F2O2S.C12H9FO2S/c1-7(17)10-6-20-12(11(10)18)8-2-4-9(5-3-8)19-13(14,15)16;1-8(14)11-7-17-13(12(11)15)9-3-5-10(16-2)6-4-9;1-7(14)10-6-16-12(11(10)15)8-2-4-9(13)5-3-8;1-6(15)8-5-17-12(11(8)16)7-2-3-9(13)10(14)4-7;1-7(14)10-6-16-12(11(10)15)8-2-4-9(13)5-3-8/h2-6,18H,1H3;3-7,15H,1-2H3;2-6,15H,1H3;2-5,16H,1H3;2-6,15H,1H3. The lowest BCUT2D eigenvalue weighted by Crippen LogP contribution is -2.16. The van der Waals surface area contributed by atoms with E-state index in [1.54, 1.807) is 35.4 Å². The quantitative estimate of drug-likeness (QED) is 0.0572. The Morgan fingerprint density at radius 2 is 0.663 bits per heavy atom. The lowest BCUT2D eigenvalue weighted by Gasteiger charge is -2.09. The molecule has 0 aliphatic rings. The minimum Gasteiger partial charge on any atom is -0.506 e. The van der Waals surface area contributed by atoms with Gasteiger partial charge in [-0.2, -0.15) is 0 Å². The molecule has 0 saturated carbocycles. The average Bonchev–Trinajstić information content (AvgIpc) is 4.51. The Hall–Kier alpha value is -8.39. The minimum atomic E-state index is -4.74. The molecule has 10 rings (SSSR count). The predicted molar refractivity (Wildman–Crippen MR) is 328 cm³/mol. The first-order valence-electron chi connectivity index (χ1n) is 24.6. The first-order chi connectivity index (χ1) is 40.6. The molecule has 446 valence electrons. The second-order valence-corrected chi connectivity index (χ2v) is 23.2. The third kappa shape index (κ3) is 17.2. The maximum Gasteiger partial charge on any atom is 0.573 e. The summed E-state index contributed by atoms with van der Waals surface area (Å²) in [6, 6.07) is 29.2. The van der Waals surface area contributed by atoms with Crippen molar-refractivity contribution in [3.63, 3.8) is 0 Å². The Labute approximate surface area is 515 Å². The van der Waals surface area contributed by atoms with Crippen molar-refractivity contribution in [3.05, 3.63) is 192 Å². The highest BCUT2D eigenvalue weighted by Gasteiger charge is 2.31. The Morgan fingerprint density at radius 1 is 0.395 bits per heavy atom. The monoisotopic (exact) mass is 1340 g/mol. The van der Waals surface area contributed by atoms with Gasteiger partial charge in [0.15, 0.2) is 40.6 Å². The maximum atomic E-state index is 13.0. The van der Waals surface area contributed by atoms with Crippen LogP contribution in [0.4, 0.5) is 26.3 Å². The van der Waals surface area contributed by atoms with Gasteiger partial charge < -0.3 is 35.0 Å². The smallest absolute Gasteiger partial charge is 0.506 e. The van der Waals surface area contributed by atoms with E-state index in [1.807, 2.05) is 48.5 Å². The van der Waals surface area contributed by atoms with E-state index in [9.17, 15) is 75.8 Å². The zero-order chi connectivity index (χ0) is 63.3. The summed E-state index contributed by atoms with van der Waals surface area (Å²) in [6.07, 6.45) is -4.74. The summed E-state index contributed by atoms with van der Waals surface area (Å²) in [4.78, 5) is 58.8. The number of benzene rings is 5. The van der Waals surface area contributed by atoms with E-state index in [0.29, 0.717) is 52.9 Å². The number of hydrogen-bond acceptors (Lipinski definition) is 17. The second-order valence-electron chi connectivity index (χ2n) is 17.9. The molecule has 0 amide bonds. The van der Waals surface area contributed by atoms with E-state index in [-0.39, 0.29) is 80.4 Å². The molecule has 0 fully saturated rings. The molecule has 0 radical (unpaired) electrons. The van der Waals surface area contributed by atoms with Crippen LogP contribution in [0, 0.1) is 17.5 Å². The van der Waals surface area contributed by atoms with Crippen LogP contribution in [-0.4, -0.2) is 67.9 Å². The number of carbonyl (C=O) groups is 5. The van der Waals surface area contributed by atoms with Crippen LogP contribution in [0.2, 0.25) is 0 Å². The molecular formula is C62H47BrF6O12S5. The number of ether oxygens (including phenoxy) is 2. The summed E-state index contributed by atoms with van der Waals surface area (Å²) in [6.45, 7) is 6.95. The van der Waals surface area contributed by atoms with E-state index in [1.165, 1.54) is 110 Å². The first kappa shape index (κ1) is 66.7. The number of ketones is 5. The van der Waals surface area contributed by atoms with E-state index < -0.39 is 18.0 Å². The SMILES string of the molecule is CC(=O)c1csc(-c2ccc(Br)cc2)c1O.CC(=O)c1csc(-c2ccc(F)c(F)c2)c1O.CC(=O)c1csc(-c2ccc(F)cc2)c1O.CC(=O)c1csc(-c2ccc(OC(F)(F)F)cc2)c1O.COc1ccc(-c2scc(C(C)=O)c2O)cc1. The molecule has 0 bridgehead atoms. The van der Waals surface area contributed by atoms with Crippen LogP contribution in [-0.2, 0) is 0 Å². The van der Waals surface area contributed by atoms with Crippen LogP contribution >= 0.6 is 72.6 Å². The fourth-order valence-electron chi connectivity index (χ4n) is 7.42. The number of alkyl halides is 3. The molecule has 0 aliphatic heterocycles. The van der Waals surface area contributed by atoms with Crippen molar-refractivity contribution in [3.8, 4) is 92.4 Å². The zero-order valence-corrected chi connectivity index (χ0v) is 51.3. The van der Waals surface area contributed by atoms with E-state index in [0.717, 1.165) is 73.2 Å². The lowest BCUT2D eigenvalue weighted by atomic mass is 10.1. The molecule has 86 heavy (non-hydrogen) atoms. The molecule has 5 aromatic heterocycles. The van der Waals surface area contributed by atoms with Gasteiger partial charge >= 0.3 is 6.36 Å². The van der Waals surface area contributed by atoms with Gasteiger partial charge in [0.2, 0.25) is 0 Å². The molecule has 0 unspecified atom stereocenters. The van der Waals surface area contributed by atoms with Crippen LogP contribution in [0.1, 0.15) is 86.4 Å². The average molecular weight is 1340 g/mol. The molecule has 10 aromatic rings. The third-order valence-electron chi connectivity index (χ3n) is 11.8. The summed E-state index contributed by atoms with van der Waals surface area (Å²) in [7, 11) is 1.60. The summed E-state index contributed by atoms with van der Waals surface area (Å²) in [5, 5.41) is 57.3. The molecule has 12 nitrogen and oxygen atoms in total. The van der Waals surface area contributed by atoms with Gasteiger partial charge in [-0.1, -0.05) is 46.3 Å². The Bertz CT molecular complexity index is 3930. The molecule has 5 N–H and O–H groups in total. The van der Waals surface area contributed by atoms with Gasteiger partial charge in [-0.3, -0.25) is 24.0 Å². The Kier molecular flexibility index (Phi) is 23.0. The number of Topliss-reactive ketones (excluding diaryl/α,β-unsaturated/α-hetero) is 5. The van der Waals surface area contributed by atoms with Crippen LogP contribution in [0.5, 0.6) is 40.2 Å². The fourth-order valence-corrected chi connectivity index (χ4v) is 12.7. The molecule has 5 heterocycles. The number of methoxy groups -OCH3 is 1. The minimum absolute atomic E-state index is 0.0240. The number of halogens is 7. The van der Waals surface area contributed by atoms with Crippen molar-refractivity contribution >= 4 is 102 Å². The number of thiophene rings is 5. The number of hydrogen-bond donors (Lipinski definition) is 5. The van der Waals surface area contributed by atoms with Crippen molar-refractivity contribution < 1.29 is 85.3 Å². The normalized spacial score (nSPS) is 10.6. The number of carbonyl (C=O) groups excluding carboxylic acids is 5. The van der Waals surface area contributed by atoms with Crippen molar-refractivity contribution in [2.24, 2.45) is 0 Å². The predicted octanol–water partition coefficient (Wildman–Crippen LogP) is 18.7. The molecule has 0 spiro atoms. The lowest BCUT2D eigenvalue weighted by molar-refractivity contribution is -0.274. The molecule has 0 saturated heterocycles. The van der Waals surface area contributed by atoms with Gasteiger partial charge in [-0.15, -0.1) is 69.9 Å². The highest BCUT2D eigenvalue weighted by molar-refractivity contribution is 9.10. The maximum absolute atomic E-state index is 13.0. The summed E-state index contributed by atoms with van der Waals surface area (Å²) in [5.74, 6) is -3.03. The van der Waals surface area contributed by atoms with Crippen molar-refractivity contribution in [1.29, 1.82) is 0 Å². The van der Waals surface area contributed by atoms with Crippen LogP contribution in [0.25, 0.3) is 52.2 Å². The van der Waals surface area contributed by atoms with E-state index >= 15 is 0 Å². The van der Waals surface area contributed by atoms with Gasteiger partial charge in [-0.25, -0.2) is 13.2 Å². The summed E-state index contributed by atoms with van der Waals surface area (Å²) in [5.41, 5.74) is 4.81. The van der Waals surface area contributed by atoms with Crippen LogP contribution in [0.15, 0.2) is 147 Å². The highest BCUT2D eigenvalue weighted by Crippen LogP contribution is 2.43. The largest absolute Gasteiger partial charge is 0.573 e. The van der Waals surface area contributed by atoms with Gasteiger partial charge in [-0.05, 0) is 147 Å². The first-order valence-corrected chi connectivity index (χ1v) is 29.8. The second kappa shape index (κ2) is 29.6. The topological polar surface area (TPSA) is 205 Å². The van der Waals surface area contributed by atoms with Gasteiger partial charge in [0.1, 0.15) is 46.1 Å². The number of aromatic hydroxyl groups is 5. The van der Waals surface area contributed by atoms with Gasteiger partial charge in [0, 0.05) is 31.4 Å². The molecule has 24 heteroatoms. The number of rotatable bonds is 12. The summed E-state index contributed by atoms with van der Waals surface area (Å²) >= 11 is 9.61. The third-order valence-corrected chi connectivity index (χ3v) is 17.4. The Morgan fingerprint density at radius 3 is 0.930 bits per heavy atom. The molecule has 0 atom stereocenters. The molecular weight excluding hydrogens is 1290 g/mol. The van der Waals surface area contributed by atoms with Crippen LogP contribution in [0.3, 0.4) is 0 Å². The van der Waals surface area contributed by atoms with Gasteiger partial charge in [0.05, 0.1) is 59.3 Å². The van der Waals surface area contributed by atoms with Gasteiger partial charge in [0.25, 0.3) is 0 Å². The summed E-state index contributed by atoms with van der Waals surface area (Å²) < 4.78 is 84.4. The fraction of sp³-hybridized carbons (Fsp3) is 0.113. The van der Waals surface area contributed by atoms with Crippen molar-refractivity contribution in [1.82, 2.24) is 0 Å². The van der Waals surface area contributed by atoms with E-state index in [4.69, 9.17) is 4.74 Å².